The van der Waals surface area contributed by atoms with Gasteiger partial charge in [0.25, 0.3) is 0 Å². The van der Waals surface area contributed by atoms with Gasteiger partial charge in [0, 0.05) is 11.2 Å². The van der Waals surface area contributed by atoms with Crippen molar-refractivity contribution in [3.8, 4) is 0 Å². The Morgan fingerprint density at radius 1 is 1.30 bits per heavy atom. The average Bonchev–Trinajstić information content (AvgIpc) is 2.33. The summed E-state index contributed by atoms with van der Waals surface area (Å²) in [6.45, 7) is 8.40. The van der Waals surface area contributed by atoms with Crippen molar-refractivity contribution < 1.29 is 8.42 Å². The van der Waals surface area contributed by atoms with E-state index in [0.717, 1.165) is 5.56 Å². The van der Waals surface area contributed by atoms with Crippen molar-refractivity contribution in [2.45, 2.75) is 31.5 Å². The van der Waals surface area contributed by atoms with E-state index in [9.17, 15) is 8.42 Å². The second kappa shape index (κ2) is 6.74. The second-order valence-electron chi connectivity index (χ2n) is 5.58. The third kappa shape index (κ3) is 5.27. The Kier molecular flexibility index (Phi) is 5.80. The van der Waals surface area contributed by atoms with E-state index in [-0.39, 0.29) is 11.4 Å². The highest BCUT2D eigenvalue weighted by Gasteiger charge is 2.17. The first-order valence-corrected chi connectivity index (χ1v) is 11.7. The lowest BCUT2D eigenvalue weighted by atomic mass is 10.2. The largest absolute Gasteiger partial charge is 0.240 e. The second-order valence-corrected chi connectivity index (χ2v) is 13.0. The molecule has 0 aromatic heterocycles. The number of hydrogen-bond acceptors (Lipinski definition) is 2. The summed E-state index contributed by atoms with van der Waals surface area (Å²) in [6, 6.07) is 6.72. The number of sulfonamides is 1. The van der Waals surface area contributed by atoms with Crippen LogP contribution in [0.15, 0.2) is 45.6 Å². The summed E-state index contributed by atoms with van der Waals surface area (Å²) < 4.78 is 27.2. The molecule has 0 radical (unpaired) electrons. The van der Waals surface area contributed by atoms with Gasteiger partial charge < -0.3 is 0 Å². The van der Waals surface area contributed by atoms with Gasteiger partial charge in [-0.1, -0.05) is 48.9 Å². The molecule has 0 amide bonds. The van der Waals surface area contributed by atoms with Crippen LogP contribution in [0.2, 0.25) is 19.6 Å². The molecular formula is C14H20ClNO2SSi. The van der Waals surface area contributed by atoms with E-state index in [1.54, 1.807) is 30.3 Å². The molecule has 0 atom stereocenters. The van der Waals surface area contributed by atoms with Crippen molar-refractivity contribution in [3.63, 3.8) is 0 Å². The first-order valence-electron chi connectivity index (χ1n) is 6.30. The lowest BCUT2D eigenvalue weighted by Crippen LogP contribution is -2.24. The zero-order valence-electron chi connectivity index (χ0n) is 12.2. The Bertz CT molecular complexity index is 624. The minimum Gasteiger partial charge on any atom is -0.207 e. The van der Waals surface area contributed by atoms with Crippen molar-refractivity contribution in [1.29, 1.82) is 0 Å². The summed E-state index contributed by atoms with van der Waals surface area (Å²) in [5.41, 5.74) is 3.97. The van der Waals surface area contributed by atoms with Crippen molar-refractivity contribution in [2.75, 3.05) is 6.54 Å². The molecule has 1 N–H and O–H groups in total. The molecule has 20 heavy (non-hydrogen) atoms. The van der Waals surface area contributed by atoms with Crippen molar-refractivity contribution in [1.82, 2.24) is 4.72 Å². The van der Waals surface area contributed by atoms with Crippen LogP contribution in [-0.2, 0) is 10.0 Å². The zero-order valence-corrected chi connectivity index (χ0v) is 14.8. The quantitative estimate of drug-likeness (QED) is 0.664. The van der Waals surface area contributed by atoms with E-state index in [1.165, 1.54) is 0 Å². The van der Waals surface area contributed by atoms with Crippen LogP contribution >= 0.6 is 11.6 Å². The molecule has 1 aromatic carbocycles. The fourth-order valence-corrected chi connectivity index (χ4v) is 2.89. The van der Waals surface area contributed by atoms with Crippen LogP contribution in [0.5, 0.6) is 0 Å². The van der Waals surface area contributed by atoms with E-state index in [1.807, 2.05) is 6.92 Å². The van der Waals surface area contributed by atoms with Gasteiger partial charge in [-0.25, -0.2) is 13.1 Å². The molecule has 0 saturated heterocycles. The molecule has 0 saturated carbocycles. The minimum absolute atomic E-state index is 0.177. The zero-order chi connectivity index (χ0) is 15.4. The fraction of sp³-hybridized carbons (Fsp3) is 0.357. The highest BCUT2D eigenvalue weighted by molar-refractivity contribution is 7.89. The molecule has 110 valence electrons. The summed E-state index contributed by atoms with van der Waals surface area (Å²) in [5.74, 6) is 0. The van der Waals surface area contributed by atoms with E-state index in [2.05, 4.69) is 30.1 Å². The Balaban J connectivity index is 2.75. The third-order valence-electron chi connectivity index (χ3n) is 2.59. The van der Waals surface area contributed by atoms with Gasteiger partial charge >= 0.3 is 0 Å². The minimum atomic E-state index is -3.47. The fourth-order valence-electron chi connectivity index (χ4n) is 1.31. The van der Waals surface area contributed by atoms with Crippen LogP contribution in [0.25, 0.3) is 0 Å². The van der Waals surface area contributed by atoms with Gasteiger partial charge in [-0.3, -0.25) is 0 Å². The highest BCUT2D eigenvalue weighted by atomic mass is 35.5. The van der Waals surface area contributed by atoms with Gasteiger partial charge in [-0.15, -0.1) is 5.73 Å². The van der Waals surface area contributed by atoms with E-state index in [0.29, 0.717) is 4.66 Å². The third-order valence-corrected chi connectivity index (χ3v) is 7.30. The summed E-state index contributed by atoms with van der Waals surface area (Å²) in [5, 5.41) is 0. The van der Waals surface area contributed by atoms with Gasteiger partial charge in [0.1, 0.15) is 8.07 Å². The van der Waals surface area contributed by atoms with Crippen LogP contribution in [0.3, 0.4) is 0 Å². The SMILES string of the molecule is Cc1ccc(S(=O)(=O)NCC=C=C(Cl)[Si](C)(C)C)cc1. The van der Waals surface area contributed by atoms with E-state index >= 15 is 0 Å². The maximum Gasteiger partial charge on any atom is 0.240 e. The van der Waals surface area contributed by atoms with Crippen molar-refractivity contribution in [2.24, 2.45) is 0 Å². The van der Waals surface area contributed by atoms with Crippen LogP contribution < -0.4 is 4.72 Å². The van der Waals surface area contributed by atoms with Gasteiger partial charge in [0.2, 0.25) is 10.0 Å². The normalized spacial score (nSPS) is 11.8. The Labute approximate surface area is 127 Å². The lowest BCUT2D eigenvalue weighted by Gasteiger charge is -2.11. The summed E-state index contributed by atoms with van der Waals surface area (Å²) >= 11 is 6.10. The molecule has 6 heteroatoms. The monoisotopic (exact) mass is 329 g/mol. The molecule has 0 aliphatic carbocycles. The van der Waals surface area contributed by atoms with Crippen LogP contribution in [0.1, 0.15) is 5.56 Å². The molecule has 3 nitrogen and oxygen atoms in total. The summed E-state index contributed by atoms with van der Waals surface area (Å²) in [4.78, 5) is 0.261. The average molecular weight is 330 g/mol. The molecular weight excluding hydrogens is 310 g/mol. The summed E-state index contributed by atoms with van der Waals surface area (Å²) in [6.07, 6.45) is 1.62. The van der Waals surface area contributed by atoms with Crippen LogP contribution in [0, 0.1) is 6.92 Å². The predicted octanol–water partition coefficient (Wildman–Crippen LogP) is 3.43. The van der Waals surface area contributed by atoms with Gasteiger partial charge in [0.15, 0.2) is 0 Å². The number of halogens is 1. The van der Waals surface area contributed by atoms with Gasteiger partial charge in [-0.05, 0) is 25.1 Å². The number of aryl methyl sites for hydroxylation is 1. The molecule has 0 bridgehead atoms. The lowest BCUT2D eigenvalue weighted by molar-refractivity contribution is 0.585. The highest BCUT2D eigenvalue weighted by Crippen LogP contribution is 2.16. The van der Waals surface area contributed by atoms with Crippen molar-refractivity contribution >= 4 is 29.7 Å². The number of hydrogen-bond donors (Lipinski definition) is 1. The molecule has 0 unspecified atom stereocenters. The predicted molar refractivity (Wildman–Crippen MR) is 87.2 cm³/mol. The van der Waals surface area contributed by atoms with E-state index in [4.69, 9.17) is 11.6 Å². The smallest absolute Gasteiger partial charge is 0.207 e. The van der Waals surface area contributed by atoms with Crippen molar-refractivity contribution in [3.05, 3.63) is 46.3 Å². The molecule has 0 heterocycles. The molecule has 0 spiro atoms. The number of rotatable bonds is 5. The Hall–Kier alpha value is -0.843. The topological polar surface area (TPSA) is 46.2 Å². The maximum absolute atomic E-state index is 12.0. The number of benzene rings is 1. The van der Waals surface area contributed by atoms with Crippen LogP contribution in [0.4, 0.5) is 0 Å². The standard InChI is InChI=1S/C14H20ClNO2SSi/c1-12-7-9-13(10-8-12)19(17,18)16-11-5-6-14(15)20(2,3)4/h5,7-10,16H,11H2,1-4H3. The van der Waals surface area contributed by atoms with Gasteiger partial charge in [0.05, 0.1) is 4.90 Å². The van der Waals surface area contributed by atoms with Gasteiger partial charge in [-0.2, -0.15) is 0 Å². The molecule has 0 aliphatic heterocycles. The summed E-state index contributed by atoms with van der Waals surface area (Å²) in [7, 11) is -5.04. The molecule has 1 rings (SSSR count). The number of nitrogens with one attached hydrogen (secondary N) is 1. The van der Waals surface area contributed by atoms with Crippen LogP contribution in [-0.4, -0.2) is 23.0 Å². The first kappa shape index (κ1) is 17.2. The molecule has 1 aromatic rings. The maximum atomic E-state index is 12.0. The van der Waals surface area contributed by atoms with E-state index < -0.39 is 18.1 Å². The molecule has 0 aliphatic rings. The first-order chi connectivity index (χ1) is 9.13. The Morgan fingerprint density at radius 3 is 2.35 bits per heavy atom. The Morgan fingerprint density at radius 2 is 1.85 bits per heavy atom. The molecule has 0 fully saturated rings.